The zero-order valence-corrected chi connectivity index (χ0v) is 10.9. The number of hydrogen-bond donors (Lipinski definition) is 0. The van der Waals surface area contributed by atoms with Crippen molar-refractivity contribution in [3.8, 4) is 5.75 Å². The van der Waals surface area contributed by atoms with Gasteiger partial charge in [0.15, 0.2) is 5.78 Å². The van der Waals surface area contributed by atoms with E-state index in [-0.39, 0.29) is 12.4 Å². The number of Topliss-reactive ketones (excluding diaryl/α,β-unsaturated/α-hetero) is 1. The van der Waals surface area contributed by atoms with Crippen molar-refractivity contribution >= 4 is 11.4 Å². The second-order valence-corrected chi connectivity index (χ2v) is 4.36. The van der Waals surface area contributed by atoms with Gasteiger partial charge in [0.2, 0.25) is 0 Å². The van der Waals surface area contributed by atoms with Gasteiger partial charge in [0.25, 0.3) is 0 Å². The van der Waals surface area contributed by atoms with E-state index in [0.29, 0.717) is 5.75 Å². The van der Waals surface area contributed by atoms with E-state index in [1.807, 2.05) is 54.6 Å². The number of benzene rings is 2. The predicted molar refractivity (Wildman–Crippen MR) is 77.2 cm³/mol. The maximum atomic E-state index is 10.8. The zero-order valence-electron chi connectivity index (χ0n) is 10.9. The Balaban J connectivity index is 2.10. The largest absolute Gasteiger partial charge is 0.486 e. The molecular weight excluding hydrogens is 236 g/mol. The van der Waals surface area contributed by atoms with E-state index in [2.05, 4.69) is 6.58 Å². The molecule has 0 aliphatic carbocycles. The summed E-state index contributed by atoms with van der Waals surface area (Å²) in [7, 11) is 0. The lowest BCUT2D eigenvalue weighted by Crippen LogP contribution is -2.06. The minimum Gasteiger partial charge on any atom is -0.486 e. The second-order valence-electron chi connectivity index (χ2n) is 4.36. The lowest BCUT2D eigenvalue weighted by atomic mass is 10.00. The SMILES string of the molecule is C=C(c1ccccc1)c1ccc(OCC(C)=O)cc1. The molecule has 0 spiro atoms. The van der Waals surface area contributed by atoms with Crippen LogP contribution >= 0.6 is 0 Å². The first-order valence-corrected chi connectivity index (χ1v) is 6.14. The van der Waals surface area contributed by atoms with E-state index in [1.54, 1.807) is 0 Å². The Labute approximate surface area is 113 Å². The summed E-state index contributed by atoms with van der Waals surface area (Å²) in [6.45, 7) is 5.72. The molecule has 2 heteroatoms. The molecule has 2 aromatic rings. The summed E-state index contributed by atoms with van der Waals surface area (Å²) in [4.78, 5) is 10.8. The van der Waals surface area contributed by atoms with Crippen LogP contribution in [0.15, 0.2) is 61.2 Å². The average Bonchev–Trinajstić information content (AvgIpc) is 2.46. The summed E-state index contributed by atoms with van der Waals surface area (Å²) in [5, 5.41) is 0. The highest BCUT2D eigenvalue weighted by Crippen LogP contribution is 2.23. The fraction of sp³-hybridized carbons (Fsp3) is 0.118. The lowest BCUT2D eigenvalue weighted by Gasteiger charge is -2.08. The lowest BCUT2D eigenvalue weighted by molar-refractivity contribution is -0.118. The molecule has 19 heavy (non-hydrogen) atoms. The van der Waals surface area contributed by atoms with Gasteiger partial charge in [0.1, 0.15) is 12.4 Å². The van der Waals surface area contributed by atoms with Crippen molar-refractivity contribution < 1.29 is 9.53 Å². The van der Waals surface area contributed by atoms with Gasteiger partial charge in [-0.1, -0.05) is 49.0 Å². The monoisotopic (exact) mass is 252 g/mol. The highest BCUT2D eigenvalue weighted by molar-refractivity contribution is 5.78. The number of carbonyl (C=O) groups is 1. The van der Waals surface area contributed by atoms with Crippen molar-refractivity contribution in [2.24, 2.45) is 0 Å². The van der Waals surface area contributed by atoms with Crippen molar-refractivity contribution in [2.45, 2.75) is 6.92 Å². The van der Waals surface area contributed by atoms with E-state index in [0.717, 1.165) is 16.7 Å². The Bertz CT molecular complexity index is 568. The molecule has 0 saturated heterocycles. The molecule has 0 atom stereocenters. The van der Waals surface area contributed by atoms with Crippen LogP contribution < -0.4 is 4.74 Å². The summed E-state index contributed by atoms with van der Waals surface area (Å²) in [6, 6.07) is 17.6. The van der Waals surface area contributed by atoms with Gasteiger partial charge in [-0.05, 0) is 35.8 Å². The molecule has 96 valence electrons. The van der Waals surface area contributed by atoms with E-state index in [1.165, 1.54) is 6.92 Å². The summed E-state index contributed by atoms with van der Waals surface area (Å²) in [5.74, 6) is 0.706. The fourth-order valence-electron chi connectivity index (χ4n) is 1.74. The Hall–Kier alpha value is -2.35. The van der Waals surface area contributed by atoms with Crippen molar-refractivity contribution in [3.05, 3.63) is 72.3 Å². The maximum Gasteiger partial charge on any atom is 0.167 e. The number of rotatable bonds is 5. The zero-order chi connectivity index (χ0) is 13.7. The van der Waals surface area contributed by atoms with Gasteiger partial charge in [-0.25, -0.2) is 0 Å². The normalized spacial score (nSPS) is 9.95. The summed E-state index contributed by atoms with van der Waals surface area (Å²) in [6.07, 6.45) is 0. The molecule has 0 aromatic heterocycles. The first kappa shape index (κ1) is 13.1. The first-order chi connectivity index (χ1) is 9.16. The first-order valence-electron chi connectivity index (χ1n) is 6.14. The van der Waals surface area contributed by atoms with Gasteiger partial charge in [0, 0.05) is 0 Å². The van der Waals surface area contributed by atoms with Crippen molar-refractivity contribution in [1.29, 1.82) is 0 Å². The second kappa shape index (κ2) is 6.01. The van der Waals surface area contributed by atoms with E-state index in [9.17, 15) is 4.79 Å². The van der Waals surface area contributed by atoms with Crippen molar-refractivity contribution in [1.82, 2.24) is 0 Å². The summed E-state index contributed by atoms with van der Waals surface area (Å²) in [5.41, 5.74) is 3.11. The van der Waals surface area contributed by atoms with Crippen LogP contribution in [-0.4, -0.2) is 12.4 Å². The highest BCUT2D eigenvalue weighted by atomic mass is 16.5. The number of ether oxygens (including phenoxy) is 1. The molecule has 0 saturated carbocycles. The molecule has 0 bridgehead atoms. The molecule has 0 unspecified atom stereocenters. The van der Waals surface area contributed by atoms with Gasteiger partial charge in [-0.15, -0.1) is 0 Å². The number of hydrogen-bond acceptors (Lipinski definition) is 2. The van der Waals surface area contributed by atoms with Crippen LogP contribution in [0.1, 0.15) is 18.1 Å². The quantitative estimate of drug-likeness (QED) is 0.810. The third-order valence-corrected chi connectivity index (χ3v) is 2.77. The van der Waals surface area contributed by atoms with E-state index < -0.39 is 0 Å². The Kier molecular flexibility index (Phi) is 4.14. The number of ketones is 1. The third kappa shape index (κ3) is 3.55. The van der Waals surface area contributed by atoms with Gasteiger partial charge in [-0.2, -0.15) is 0 Å². The smallest absolute Gasteiger partial charge is 0.167 e. The minimum atomic E-state index is 0.0118. The van der Waals surface area contributed by atoms with E-state index in [4.69, 9.17) is 4.74 Å². The average molecular weight is 252 g/mol. The summed E-state index contributed by atoms with van der Waals surface area (Å²) >= 11 is 0. The molecule has 0 amide bonds. The van der Waals surface area contributed by atoms with Gasteiger partial charge >= 0.3 is 0 Å². The molecule has 0 heterocycles. The van der Waals surface area contributed by atoms with Crippen LogP contribution in [0.3, 0.4) is 0 Å². The molecule has 0 fully saturated rings. The van der Waals surface area contributed by atoms with Crippen LogP contribution in [0.5, 0.6) is 5.75 Å². The van der Waals surface area contributed by atoms with Crippen LogP contribution in [0, 0.1) is 0 Å². The predicted octanol–water partition coefficient (Wildman–Crippen LogP) is 3.72. The fourth-order valence-corrected chi connectivity index (χ4v) is 1.74. The molecular formula is C17H16O2. The third-order valence-electron chi connectivity index (χ3n) is 2.77. The van der Waals surface area contributed by atoms with Crippen molar-refractivity contribution in [3.63, 3.8) is 0 Å². The maximum absolute atomic E-state index is 10.8. The topological polar surface area (TPSA) is 26.3 Å². The van der Waals surface area contributed by atoms with Crippen LogP contribution in [0.25, 0.3) is 5.57 Å². The van der Waals surface area contributed by atoms with Gasteiger partial charge in [0.05, 0.1) is 0 Å². The van der Waals surface area contributed by atoms with Crippen LogP contribution in [-0.2, 0) is 4.79 Å². The molecule has 2 aromatic carbocycles. The summed E-state index contributed by atoms with van der Waals surface area (Å²) < 4.78 is 5.33. The molecule has 0 aliphatic heterocycles. The van der Waals surface area contributed by atoms with Gasteiger partial charge in [-0.3, -0.25) is 4.79 Å². The molecule has 2 rings (SSSR count). The molecule has 2 nitrogen and oxygen atoms in total. The van der Waals surface area contributed by atoms with Crippen molar-refractivity contribution in [2.75, 3.05) is 6.61 Å². The van der Waals surface area contributed by atoms with E-state index >= 15 is 0 Å². The Morgan fingerprint density at radius 2 is 1.58 bits per heavy atom. The Morgan fingerprint density at radius 3 is 2.16 bits per heavy atom. The Morgan fingerprint density at radius 1 is 1.00 bits per heavy atom. The van der Waals surface area contributed by atoms with Gasteiger partial charge < -0.3 is 4.74 Å². The standard InChI is InChI=1S/C17H16O2/c1-13(18)12-19-17-10-8-16(9-11-17)14(2)15-6-4-3-5-7-15/h3-11H,2,12H2,1H3. The molecule has 0 N–H and O–H groups in total. The van der Waals surface area contributed by atoms with Crippen LogP contribution in [0.4, 0.5) is 0 Å². The number of carbonyl (C=O) groups excluding carboxylic acids is 1. The molecule has 0 radical (unpaired) electrons. The van der Waals surface area contributed by atoms with Crippen LogP contribution in [0.2, 0.25) is 0 Å². The molecule has 0 aliphatic rings. The highest BCUT2D eigenvalue weighted by Gasteiger charge is 2.02. The minimum absolute atomic E-state index is 0.0118.